The minimum atomic E-state index is -2.69. The van der Waals surface area contributed by atoms with E-state index in [2.05, 4.69) is 6.58 Å². The normalized spacial score (nSPS) is 16.2. The fourth-order valence-electron chi connectivity index (χ4n) is 3.29. The van der Waals surface area contributed by atoms with Crippen molar-refractivity contribution >= 4 is 42.5 Å². The molecule has 0 bridgehead atoms. The minimum Gasteiger partial charge on any atom is -0.506 e. The van der Waals surface area contributed by atoms with Crippen LogP contribution in [0, 0.1) is 0 Å². The Balaban J connectivity index is 2.26. The highest BCUT2D eigenvalue weighted by Crippen LogP contribution is 2.43. The number of para-hydroxylation sites is 1. The Labute approximate surface area is 180 Å². The summed E-state index contributed by atoms with van der Waals surface area (Å²) in [7, 11) is 2.61. The highest BCUT2D eigenvalue weighted by atomic mass is 35.5. The van der Waals surface area contributed by atoms with Crippen molar-refractivity contribution in [3.63, 3.8) is 0 Å². The number of carbonyl (C=O) groups excluding carboxylic acids is 1. The van der Waals surface area contributed by atoms with Gasteiger partial charge in [0.15, 0.2) is 19.3 Å². The molecule has 1 heterocycles. The number of amides is 1. The van der Waals surface area contributed by atoms with Crippen LogP contribution in [0.5, 0.6) is 0 Å². The first kappa shape index (κ1) is 21.9. The molecule has 9 heteroatoms. The zero-order valence-corrected chi connectivity index (χ0v) is 17.6. The van der Waals surface area contributed by atoms with Gasteiger partial charge >= 0.3 is 0 Å². The molecule has 1 amide bonds. The largest absolute Gasteiger partial charge is 0.506 e. The first-order valence-corrected chi connectivity index (χ1v) is 9.49. The van der Waals surface area contributed by atoms with Gasteiger partial charge in [0.25, 0.3) is 5.91 Å². The maximum Gasteiger partial charge on any atom is 0.266 e. The van der Waals surface area contributed by atoms with E-state index in [1.165, 1.54) is 12.1 Å². The quantitative estimate of drug-likeness (QED) is 0.435. The number of carbonyl (C=O) groups is 1. The predicted octanol–water partition coefficient (Wildman–Crippen LogP) is 1.59. The monoisotopic (exact) mass is 428 g/mol. The molecule has 1 unspecified atom stereocenters. The topological polar surface area (TPSA) is 104 Å². The van der Waals surface area contributed by atoms with E-state index in [1.807, 2.05) is 0 Å². The predicted molar refractivity (Wildman–Crippen MR) is 119 cm³/mol. The SMILES string of the molecule is BC(O)(O)C(C)(O)N(C(=O)C1=C(O)c2c(Cl)cccc2N(C)C1=C)c1ccccc1. The van der Waals surface area contributed by atoms with Gasteiger partial charge in [-0.3, -0.25) is 9.69 Å². The van der Waals surface area contributed by atoms with Crippen molar-refractivity contribution in [2.45, 2.75) is 18.3 Å². The molecule has 156 valence electrons. The summed E-state index contributed by atoms with van der Waals surface area (Å²) in [4.78, 5) is 16.1. The van der Waals surface area contributed by atoms with E-state index in [9.17, 15) is 25.2 Å². The molecule has 1 aliphatic heterocycles. The van der Waals surface area contributed by atoms with Gasteiger partial charge in [0.1, 0.15) is 11.3 Å². The lowest BCUT2D eigenvalue weighted by Crippen LogP contribution is -2.65. The number of rotatable bonds is 4. The molecule has 2 aromatic rings. The van der Waals surface area contributed by atoms with Crippen molar-refractivity contribution in [1.29, 1.82) is 0 Å². The Morgan fingerprint density at radius 3 is 2.30 bits per heavy atom. The summed E-state index contributed by atoms with van der Waals surface area (Å²) in [5.74, 6) is -1.31. The van der Waals surface area contributed by atoms with Gasteiger partial charge < -0.3 is 25.3 Å². The fraction of sp³-hybridized carbons (Fsp3) is 0.190. The number of halogens is 1. The number of hydrogen-bond donors (Lipinski definition) is 4. The van der Waals surface area contributed by atoms with Gasteiger partial charge in [-0.1, -0.05) is 42.4 Å². The molecular formula is C21H22BClN2O5. The third kappa shape index (κ3) is 3.38. The van der Waals surface area contributed by atoms with Crippen LogP contribution in [-0.2, 0) is 4.79 Å². The summed E-state index contributed by atoms with van der Waals surface area (Å²) in [6.45, 7) is 5.00. The average molecular weight is 429 g/mol. The molecule has 0 fully saturated rings. The van der Waals surface area contributed by atoms with Crippen LogP contribution in [0.15, 0.2) is 66.4 Å². The first-order valence-electron chi connectivity index (χ1n) is 9.11. The van der Waals surface area contributed by atoms with Crippen LogP contribution in [0.25, 0.3) is 5.76 Å². The van der Waals surface area contributed by atoms with Crippen LogP contribution < -0.4 is 9.80 Å². The van der Waals surface area contributed by atoms with Crippen LogP contribution in [0.1, 0.15) is 12.5 Å². The van der Waals surface area contributed by atoms with Crippen molar-refractivity contribution in [2.24, 2.45) is 0 Å². The third-order valence-corrected chi connectivity index (χ3v) is 5.60. The van der Waals surface area contributed by atoms with Gasteiger partial charge in [-0.15, -0.1) is 0 Å². The number of likely N-dealkylation sites (N-methyl/N-ethyl adjacent to an activating group) is 1. The fourth-order valence-corrected chi connectivity index (χ4v) is 3.55. The van der Waals surface area contributed by atoms with Crippen LogP contribution in [0.4, 0.5) is 11.4 Å². The second-order valence-corrected chi connectivity index (χ2v) is 7.79. The number of fused-ring (bicyclic) bond motifs is 1. The van der Waals surface area contributed by atoms with Crippen LogP contribution in [0.2, 0.25) is 5.02 Å². The molecule has 0 aliphatic carbocycles. The van der Waals surface area contributed by atoms with E-state index in [-0.39, 0.29) is 27.5 Å². The van der Waals surface area contributed by atoms with Crippen molar-refractivity contribution in [3.05, 3.63) is 77.0 Å². The summed E-state index contributed by atoms with van der Waals surface area (Å²) in [5, 5.41) is 42.6. The minimum absolute atomic E-state index is 0.154. The van der Waals surface area contributed by atoms with Gasteiger partial charge in [0.2, 0.25) is 0 Å². The highest BCUT2D eigenvalue weighted by molar-refractivity contribution is 6.33. The molecule has 0 saturated carbocycles. The number of aliphatic hydroxyl groups excluding tert-OH is 1. The first-order chi connectivity index (χ1) is 13.9. The van der Waals surface area contributed by atoms with Crippen molar-refractivity contribution < 1.29 is 25.2 Å². The van der Waals surface area contributed by atoms with E-state index in [0.717, 1.165) is 19.7 Å². The summed E-state index contributed by atoms with van der Waals surface area (Å²) < 4.78 is 0. The second-order valence-electron chi connectivity index (χ2n) is 7.38. The Bertz CT molecular complexity index is 1050. The van der Waals surface area contributed by atoms with Crippen LogP contribution in [0.3, 0.4) is 0 Å². The van der Waals surface area contributed by atoms with Gasteiger partial charge in [-0.25, -0.2) is 0 Å². The zero-order chi connectivity index (χ0) is 22.4. The van der Waals surface area contributed by atoms with Crippen LogP contribution in [-0.4, -0.2) is 52.6 Å². The maximum absolute atomic E-state index is 13.7. The lowest BCUT2D eigenvalue weighted by atomic mass is 9.83. The van der Waals surface area contributed by atoms with Crippen molar-refractivity contribution in [3.8, 4) is 0 Å². The molecule has 7 nitrogen and oxygen atoms in total. The second kappa shape index (κ2) is 7.48. The smallest absolute Gasteiger partial charge is 0.266 e. The number of anilines is 2. The molecule has 1 aliphatic rings. The molecular weight excluding hydrogens is 407 g/mol. The molecule has 0 radical (unpaired) electrons. The van der Waals surface area contributed by atoms with E-state index < -0.39 is 23.1 Å². The standard InChI is InChI=1S/C21H22BClN2O5/c1-12-16(18(26)17-14(23)10-7-11-15(17)24(12)3)19(27)25(13-8-5-4-6-9-13)20(2,28)21(22,29)30/h4-11,26,28-30H,1,22H2,2-3H3. The highest BCUT2D eigenvalue weighted by Gasteiger charge is 2.49. The van der Waals surface area contributed by atoms with Gasteiger partial charge in [0.05, 0.1) is 22.0 Å². The number of benzene rings is 2. The molecule has 3 rings (SSSR count). The summed E-state index contributed by atoms with van der Waals surface area (Å²) >= 11 is 6.27. The molecule has 30 heavy (non-hydrogen) atoms. The van der Waals surface area contributed by atoms with E-state index in [0.29, 0.717) is 5.69 Å². The number of aliphatic hydroxyl groups is 4. The summed E-state index contributed by atoms with van der Waals surface area (Å²) in [5.41, 5.74) is -4.25. The molecule has 0 saturated heterocycles. The maximum atomic E-state index is 13.7. The van der Waals surface area contributed by atoms with Crippen LogP contribution >= 0.6 is 11.6 Å². The van der Waals surface area contributed by atoms with E-state index in [1.54, 1.807) is 48.3 Å². The molecule has 0 spiro atoms. The molecule has 1 atom stereocenters. The Kier molecular flexibility index (Phi) is 5.47. The summed E-state index contributed by atoms with van der Waals surface area (Å²) in [6, 6.07) is 13.0. The number of hydrogen-bond acceptors (Lipinski definition) is 6. The van der Waals surface area contributed by atoms with E-state index >= 15 is 0 Å². The van der Waals surface area contributed by atoms with Crippen molar-refractivity contribution in [2.75, 3.05) is 16.8 Å². The molecule has 2 aromatic carbocycles. The Hall–Kier alpha value is -2.78. The Morgan fingerprint density at radius 2 is 1.73 bits per heavy atom. The third-order valence-electron chi connectivity index (χ3n) is 5.28. The zero-order valence-electron chi connectivity index (χ0n) is 16.8. The molecule has 0 aromatic heterocycles. The van der Waals surface area contributed by atoms with Crippen molar-refractivity contribution in [1.82, 2.24) is 0 Å². The summed E-state index contributed by atoms with van der Waals surface area (Å²) in [6.07, 6.45) is 0. The van der Waals surface area contributed by atoms with Gasteiger partial charge in [-0.2, -0.15) is 0 Å². The average Bonchev–Trinajstić information content (AvgIpc) is 2.66. The van der Waals surface area contributed by atoms with Gasteiger partial charge in [0, 0.05) is 12.7 Å². The lowest BCUT2D eigenvalue weighted by molar-refractivity contribution is -0.210. The lowest BCUT2D eigenvalue weighted by Gasteiger charge is -2.44. The van der Waals surface area contributed by atoms with E-state index in [4.69, 9.17) is 11.6 Å². The number of nitrogens with zero attached hydrogens (tertiary/aromatic N) is 2. The van der Waals surface area contributed by atoms with Gasteiger partial charge in [-0.05, 0) is 31.2 Å². The molecule has 4 N–H and O–H groups in total. The Morgan fingerprint density at radius 1 is 1.13 bits per heavy atom.